The number of nitrogen functional groups attached to an aromatic ring is 1. The Balaban J connectivity index is 2.29. The third-order valence-corrected chi connectivity index (χ3v) is 4.99. The first kappa shape index (κ1) is 20.3. The average molecular weight is 448 g/mol. The molecule has 0 spiro atoms. The molecule has 5 nitrogen and oxygen atoms in total. The van der Waals surface area contributed by atoms with Gasteiger partial charge >= 0.3 is 0 Å². The average Bonchev–Trinajstić information content (AvgIpc) is 2.72. The zero-order valence-electron chi connectivity index (χ0n) is 16.0. The molecule has 1 heterocycles. The lowest BCUT2D eigenvalue weighted by Gasteiger charge is -2.17. The molecule has 1 aromatic heterocycles. The highest BCUT2D eigenvalue weighted by molar-refractivity contribution is 9.10. The lowest BCUT2D eigenvalue weighted by atomic mass is 9.92. The minimum atomic E-state index is 0.106. The molecule has 2 N–H and O–H groups in total. The van der Waals surface area contributed by atoms with Crippen LogP contribution in [0.4, 0.5) is 5.82 Å². The van der Waals surface area contributed by atoms with Crippen molar-refractivity contribution in [1.82, 2.24) is 4.98 Å². The largest absolute Gasteiger partial charge is 0.493 e. The lowest BCUT2D eigenvalue weighted by molar-refractivity contribution is 0.329. The second-order valence-corrected chi connectivity index (χ2v) is 7.12. The highest BCUT2D eigenvalue weighted by Gasteiger charge is 2.20. The topological polar surface area (TPSA) is 81.2 Å². The Bertz CT molecular complexity index is 1140. The van der Waals surface area contributed by atoms with Crippen molar-refractivity contribution < 1.29 is 9.47 Å². The van der Waals surface area contributed by atoms with E-state index in [1.54, 1.807) is 19.4 Å². The third kappa shape index (κ3) is 4.03. The van der Waals surface area contributed by atoms with Crippen LogP contribution < -0.4 is 15.2 Å². The maximum absolute atomic E-state index is 9.78. The molecule has 0 unspecified atom stereocenters. The van der Waals surface area contributed by atoms with Gasteiger partial charge in [-0.1, -0.05) is 35.7 Å². The maximum atomic E-state index is 9.78. The number of pyridine rings is 1. The van der Waals surface area contributed by atoms with E-state index < -0.39 is 0 Å². The van der Waals surface area contributed by atoms with Crippen LogP contribution in [0.25, 0.3) is 22.3 Å². The van der Waals surface area contributed by atoms with E-state index in [2.05, 4.69) is 32.9 Å². The van der Waals surface area contributed by atoms with Crippen molar-refractivity contribution in [3.05, 3.63) is 58.2 Å². The molecule has 0 amide bonds. The fourth-order valence-electron chi connectivity index (χ4n) is 3.01. The van der Waals surface area contributed by atoms with Gasteiger partial charge in [-0.25, -0.2) is 4.98 Å². The first-order chi connectivity index (χ1) is 14.0. The molecule has 0 aliphatic heterocycles. The van der Waals surface area contributed by atoms with Crippen molar-refractivity contribution >= 4 is 21.7 Å². The van der Waals surface area contributed by atoms with Crippen LogP contribution in [-0.2, 0) is 0 Å². The van der Waals surface area contributed by atoms with E-state index in [9.17, 15) is 5.26 Å². The number of rotatable bonds is 5. The summed E-state index contributed by atoms with van der Waals surface area (Å²) in [5.41, 5.74) is 10.6. The minimum absolute atomic E-state index is 0.106. The summed E-state index contributed by atoms with van der Waals surface area (Å²) >= 11 is 3.52. The summed E-state index contributed by atoms with van der Waals surface area (Å²) in [5, 5.41) is 9.78. The molecule has 0 aliphatic rings. The molecule has 0 atom stereocenters. The van der Waals surface area contributed by atoms with Crippen molar-refractivity contribution in [3.8, 4) is 52.2 Å². The molecule has 0 saturated carbocycles. The van der Waals surface area contributed by atoms with Crippen molar-refractivity contribution in [2.24, 2.45) is 0 Å². The Labute approximate surface area is 178 Å². The second-order valence-electron chi connectivity index (χ2n) is 6.27. The monoisotopic (exact) mass is 447 g/mol. The van der Waals surface area contributed by atoms with Crippen molar-refractivity contribution in [3.63, 3.8) is 0 Å². The summed E-state index contributed by atoms with van der Waals surface area (Å²) in [4.78, 5) is 4.22. The van der Waals surface area contributed by atoms with Crippen LogP contribution in [0.15, 0.2) is 47.1 Å². The quantitative estimate of drug-likeness (QED) is 0.558. The van der Waals surface area contributed by atoms with Crippen molar-refractivity contribution in [2.45, 2.75) is 6.92 Å². The molecule has 29 heavy (non-hydrogen) atoms. The van der Waals surface area contributed by atoms with Crippen LogP contribution in [0.1, 0.15) is 11.1 Å². The van der Waals surface area contributed by atoms with E-state index in [0.717, 1.165) is 22.3 Å². The third-order valence-electron chi connectivity index (χ3n) is 4.40. The van der Waals surface area contributed by atoms with Crippen LogP contribution in [0.5, 0.6) is 11.5 Å². The number of aromatic nitrogens is 1. The first-order valence-corrected chi connectivity index (χ1v) is 9.49. The Morgan fingerprint density at radius 3 is 2.55 bits per heavy atom. The Kier molecular flexibility index (Phi) is 6.07. The molecule has 0 radical (unpaired) electrons. The van der Waals surface area contributed by atoms with Gasteiger partial charge in [0.15, 0.2) is 11.5 Å². The second kappa shape index (κ2) is 8.68. The molecule has 0 saturated heterocycles. The maximum Gasteiger partial charge on any atom is 0.176 e. The number of nitrogens with two attached hydrogens (primary N) is 1. The van der Waals surface area contributed by atoms with E-state index in [1.165, 1.54) is 0 Å². The SMILES string of the molecule is C#CCOc1c(Br)cc(-c2c(-c3ccc(C)cc3)cnc(N)c2C#N)cc1OC. The van der Waals surface area contributed by atoms with E-state index in [0.29, 0.717) is 27.1 Å². The van der Waals surface area contributed by atoms with E-state index >= 15 is 0 Å². The first-order valence-electron chi connectivity index (χ1n) is 8.70. The van der Waals surface area contributed by atoms with Gasteiger partial charge in [0.25, 0.3) is 0 Å². The lowest BCUT2D eigenvalue weighted by Crippen LogP contribution is -2.01. The Morgan fingerprint density at radius 1 is 1.21 bits per heavy atom. The van der Waals surface area contributed by atoms with Gasteiger partial charge < -0.3 is 15.2 Å². The van der Waals surface area contributed by atoms with Crippen LogP contribution in [-0.4, -0.2) is 18.7 Å². The Hall–Kier alpha value is -3.48. The number of hydrogen-bond donors (Lipinski definition) is 1. The fraction of sp³-hybridized carbons (Fsp3) is 0.130. The van der Waals surface area contributed by atoms with Gasteiger partial charge in [0.05, 0.1) is 11.6 Å². The summed E-state index contributed by atoms with van der Waals surface area (Å²) in [6.45, 7) is 2.12. The molecular weight excluding hydrogens is 430 g/mol. The van der Waals surface area contributed by atoms with Crippen LogP contribution in [0.2, 0.25) is 0 Å². The number of anilines is 1. The molecule has 3 aromatic rings. The number of terminal acetylenes is 1. The van der Waals surface area contributed by atoms with Gasteiger partial charge in [0.2, 0.25) is 0 Å². The molecule has 0 fully saturated rings. The summed E-state index contributed by atoms with van der Waals surface area (Å²) in [6.07, 6.45) is 6.98. The van der Waals surface area contributed by atoms with E-state index in [-0.39, 0.29) is 12.4 Å². The predicted octanol–water partition coefficient (Wildman–Crippen LogP) is 4.96. The normalized spacial score (nSPS) is 10.1. The molecule has 0 aliphatic carbocycles. The van der Waals surface area contributed by atoms with Crippen LogP contribution in [0.3, 0.4) is 0 Å². The fourth-order valence-corrected chi connectivity index (χ4v) is 3.57. The number of benzene rings is 2. The molecule has 3 rings (SSSR count). The number of nitrogens with zero attached hydrogens (tertiary/aromatic N) is 2. The van der Waals surface area contributed by atoms with Gasteiger partial charge in [0, 0.05) is 17.3 Å². The van der Waals surface area contributed by atoms with Gasteiger partial charge in [-0.05, 0) is 46.1 Å². The summed E-state index contributed by atoms with van der Waals surface area (Å²) in [7, 11) is 1.54. The van der Waals surface area contributed by atoms with Gasteiger partial charge in [-0.2, -0.15) is 5.26 Å². The molecule has 2 aromatic carbocycles. The van der Waals surface area contributed by atoms with E-state index in [1.807, 2.05) is 37.3 Å². The van der Waals surface area contributed by atoms with E-state index in [4.69, 9.17) is 21.6 Å². The number of nitriles is 1. The zero-order chi connectivity index (χ0) is 21.0. The van der Waals surface area contributed by atoms with Gasteiger partial charge in [0.1, 0.15) is 24.1 Å². The van der Waals surface area contributed by atoms with Crippen LogP contribution >= 0.6 is 15.9 Å². The summed E-state index contributed by atoms with van der Waals surface area (Å²) < 4.78 is 11.7. The van der Waals surface area contributed by atoms with Gasteiger partial charge in [-0.3, -0.25) is 0 Å². The Morgan fingerprint density at radius 2 is 1.93 bits per heavy atom. The highest BCUT2D eigenvalue weighted by atomic mass is 79.9. The smallest absolute Gasteiger partial charge is 0.176 e. The number of aryl methyl sites for hydroxylation is 1. The molecule has 6 heteroatoms. The minimum Gasteiger partial charge on any atom is -0.493 e. The molecule has 144 valence electrons. The van der Waals surface area contributed by atoms with Crippen LogP contribution in [0, 0.1) is 30.6 Å². The molecule has 0 bridgehead atoms. The van der Waals surface area contributed by atoms with Crippen molar-refractivity contribution in [2.75, 3.05) is 19.5 Å². The predicted molar refractivity (Wildman–Crippen MR) is 118 cm³/mol. The standard InChI is InChI=1S/C23H18BrN3O2/c1-4-9-29-22-19(24)10-16(11-20(22)28-3)21-17(12-25)23(26)27-13-18(21)15-7-5-14(2)6-8-15/h1,5-8,10-11,13H,9H2,2-3H3,(H2,26,27). The number of halogens is 1. The zero-order valence-corrected chi connectivity index (χ0v) is 17.6. The number of methoxy groups -OCH3 is 1. The summed E-state index contributed by atoms with van der Waals surface area (Å²) in [6, 6.07) is 13.8. The highest BCUT2D eigenvalue weighted by Crippen LogP contribution is 2.43. The number of hydrogen-bond acceptors (Lipinski definition) is 5. The number of ether oxygens (including phenoxy) is 2. The van der Waals surface area contributed by atoms with Gasteiger partial charge in [-0.15, -0.1) is 6.42 Å². The summed E-state index contributed by atoms with van der Waals surface area (Å²) in [5.74, 6) is 3.58. The van der Waals surface area contributed by atoms with Crippen molar-refractivity contribution in [1.29, 1.82) is 5.26 Å². The molecular formula is C23H18BrN3O2.